The van der Waals surface area contributed by atoms with Crippen molar-refractivity contribution in [1.82, 2.24) is 31.1 Å². The van der Waals surface area contributed by atoms with Crippen molar-refractivity contribution in [2.45, 2.75) is 183 Å². The van der Waals surface area contributed by atoms with Crippen LogP contribution in [0.5, 0.6) is 34.5 Å². The Bertz CT molecular complexity index is 3970. The minimum Gasteiger partial charge on any atom is -0.511 e. The zero-order valence-electron chi connectivity index (χ0n) is 59.0. The fraction of sp³-hybridized carbons (Fsp3) is 0.468. The number of aliphatic hydroxyl groups is 1. The van der Waals surface area contributed by atoms with Gasteiger partial charge in [-0.25, -0.2) is 15.0 Å². The molecule has 5 heterocycles. The molecule has 21 nitrogen and oxygen atoms in total. The summed E-state index contributed by atoms with van der Waals surface area (Å²) < 4.78 is 0. The Labute approximate surface area is 587 Å². The number of para-hydroxylation sites is 3. The molecule has 1 aliphatic carbocycles. The monoisotopic (exact) mass is 1370 g/mol. The van der Waals surface area contributed by atoms with E-state index in [-0.39, 0.29) is 51.8 Å². The van der Waals surface area contributed by atoms with Crippen LogP contribution in [0, 0.1) is 11.8 Å². The largest absolute Gasteiger partial charge is 0.511 e. The van der Waals surface area contributed by atoms with Crippen LogP contribution in [0.4, 0.5) is 0 Å². The third-order valence-corrected chi connectivity index (χ3v) is 20.1. The molecule has 21 heteroatoms. The maximum absolute atomic E-state index is 13.8. The first-order valence-corrected chi connectivity index (χ1v) is 36.1. The van der Waals surface area contributed by atoms with Crippen molar-refractivity contribution in [3.63, 3.8) is 0 Å². The van der Waals surface area contributed by atoms with E-state index in [0.717, 1.165) is 151 Å². The van der Waals surface area contributed by atoms with Gasteiger partial charge in [0.15, 0.2) is 34.5 Å². The van der Waals surface area contributed by atoms with Crippen LogP contribution in [0.3, 0.4) is 0 Å². The molecule has 8 bridgehead atoms. The molecule has 5 aliphatic heterocycles. The van der Waals surface area contributed by atoms with Crippen molar-refractivity contribution in [2.24, 2.45) is 26.8 Å². The third-order valence-electron chi connectivity index (χ3n) is 20.1. The van der Waals surface area contributed by atoms with Crippen molar-refractivity contribution >= 4 is 46.7 Å². The number of allylic oxidation sites excluding steroid dienone is 12. The van der Waals surface area contributed by atoms with Crippen LogP contribution in [0.1, 0.15) is 214 Å². The number of aliphatic imine (C=N–C) groups is 3. The summed E-state index contributed by atoms with van der Waals surface area (Å²) in [6.45, 7) is 15.9. The molecular formula is C79H101N9O12. The van der Waals surface area contributed by atoms with E-state index in [4.69, 9.17) is 15.0 Å². The summed E-state index contributed by atoms with van der Waals surface area (Å²) in [7, 11) is 0. The molecule has 5 amide bonds. The SMILES string of the molecule is CCC1=C(C)C2=NC1=CC1=C(C)C3=C(O)CC(=C4NC(=CC5=NC(=C2)C(CC)=C5C)[C@@H](C)[C@@H]4CCC(=O)NCCCCCCNC(=O)CCCCCCN(CCCCCCN(CCCCCCNC(=O)c2cccc(O)c2O)C(=O)c2cccc(O)c2O)C(=O)c2cccc(O)c2O)C3=N1. The number of hydrogen-bond acceptors (Lipinski definition) is 16. The summed E-state index contributed by atoms with van der Waals surface area (Å²) in [5.41, 5.74) is 14.6. The molecule has 0 spiro atoms. The van der Waals surface area contributed by atoms with E-state index in [2.05, 4.69) is 74.1 Å². The lowest BCUT2D eigenvalue weighted by Gasteiger charge is -2.24. The summed E-state index contributed by atoms with van der Waals surface area (Å²) in [4.78, 5) is 85.4. The van der Waals surface area contributed by atoms with Gasteiger partial charge in [-0.1, -0.05) is 90.3 Å². The number of carbonyl (C=O) groups excluding carboxylic acids is 5. The Morgan fingerprint density at radius 3 is 1.46 bits per heavy atom. The van der Waals surface area contributed by atoms with Gasteiger partial charge in [0.2, 0.25) is 11.8 Å². The number of benzene rings is 3. The first-order valence-electron chi connectivity index (χ1n) is 36.1. The van der Waals surface area contributed by atoms with Gasteiger partial charge in [0, 0.05) is 99.5 Å². The molecule has 100 heavy (non-hydrogen) atoms. The minimum atomic E-state index is -0.499. The lowest BCUT2D eigenvalue weighted by atomic mass is 9.86. The Morgan fingerprint density at radius 2 is 0.950 bits per heavy atom. The van der Waals surface area contributed by atoms with Crippen LogP contribution in [0.2, 0.25) is 0 Å². The number of nitrogens with one attached hydrogen (secondary N) is 4. The molecule has 0 aromatic heterocycles. The number of nitrogens with zero attached hydrogens (tertiary/aromatic N) is 5. The highest BCUT2D eigenvalue weighted by Crippen LogP contribution is 2.47. The Kier molecular flexibility index (Phi) is 26.4. The zero-order chi connectivity index (χ0) is 71.6. The van der Waals surface area contributed by atoms with Gasteiger partial charge in [0.05, 0.1) is 50.9 Å². The maximum Gasteiger partial charge on any atom is 0.257 e. The van der Waals surface area contributed by atoms with E-state index in [9.17, 15) is 59.7 Å². The normalized spacial score (nSPS) is 16.9. The average molecular weight is 1370 g/mol. The molecule has 0 unspecified atom stereocenters. The van der Waals surface area contributed by atoms with E-state index in [1.165, 1.54) is 65.7 Å². The summed E-state index contributed by atoms with van der Waals surface area (Å²) in [5.74, 6) is -3.59. The number of hydrogen-bond donors (Lipinski definition) is 11. The molecular weight excluding hydrogens is 1270 g/mol. The van der Waals surface area contributed by atoms with Crippen molar-refractivity contribution in [3.8, 4) is 34.5 Å². The molecule has 3 aromatic rings. The summed E-state index contributed by atoms with van der Waals surface area (Å²) in [6.07, 6.45) is 21.5. The van der Waals surface area contributed by atoms with Gasteiger partial charge >= 0.3 is 0 Å². The van der Waals surface area contributed by atoms with Gasteiger partial charge in [-0.05, 0) is 174 Å². The molecule has 9 rings (SSSR count). The van der Waals surface area contributed by atoms with E-state index >= 15 is 0 Å². The fourth-order valence-corrected chi connectivity index (χ4v) is 14.2. The quantitative estimate of drug-likeness (QED) is 0.0191. The highest BCUT2D eigenvalue weighted by atomic mass is 16.3. The van der Waals surface area contributed by atoms with Crippen LogP contribution < -0.4 is 21.3 Å². The van der Waals surface area contributed by atoms with Crippen LogP contribution >= 0.6 is 0 Å². The van der Waals surface area contributed by atoms with Crippen LogP contribution in [0.25, 0.3) is 0 Å². The van der Waals surface area contributed by atoms with E-state index in [1.54, 1.807) is 9.80 Å². The van der Waals surface area contributed by atoms with Crippen LogP contribution in [0.15, 0.2) is 161 Å². The molecule has 0 radical (unpaired) electrons. The number of unbranched alkanes of at least 4 members (excludes halogenated alkanes) is 12. The second kappa shape index (κ2) is 35.4. The van der Waals surface area contributed by atoms with Gasteiger partial charge in [-0.15, -0.1) is 0 Å². The first-order chi connectivity index (χ1) is 48.2. The second-order valence-electron chi connectivity index (χ2n) is 27.0. The predicted octanol–water partition coefficient (Wildman–Crippen LogP) is 13.7. The van der Waals surface area contributed by atoms with Gasteiger partial charge < -0.3 is 66.8 Å². The molecule has 1 saturated heterocycles. The number of amides is 5. The maximum atomic E-state index is 13.8. The number of aromatic hydroxyl groups is 6. The molecule has 1 fully saturated rings. The second-order valence-corrected chi connectivity index (χ2v) is 27.0. The fourth-order valence-electron chi connectivity index (χ4n) is 14.2. The molecule has 6 aliphatic rings. The molecule has 2 atom stereocenters. The van der Waals surface area contributed by atoms with Crippen molar-refractivity contribution in [3.05, 3.63) is 163 Å². The van der Waals surface area contributed by atoms with Crippen LogP contribution in [-0.4, -0.2) is 138 Å². The number of carbonyl (C=O) groups is 5. The number of aliphatic hydroxyl groups excluding tert-OH is 1. The lowest BCUT2D eigenvalue weighted by Crippen LogP contribution is -2.33. The average Bonchev–Trinajstić information content (AvgIpc) is 1.58. The molecule has 11 N–H and O–H groups in total. The molecule has 0 saturated carbocycles. The Morgan fingerprint density at radius 1 is 0.510 bits per heavy atom. The topological polar surface area (TPSA) is 319 Å². The summed E-state index contributed by atoms with van der Waals surface area (Å²) in [5, 5.41) is 85.6. The number of rotatable bonds is 36. The van der Waals surface area contributed by atoms with E-state index in [1.807, 2.05) is 6.92 Å². The number of phenols is 6. The van der Waals surface area contributed by atoms with Crippen molar-refractivity contribution in [2.75, 3.05) is 45.8 Å². The van der Waals surface area contributed by atoms with Gasteiger partial charge in [-0.3, -0.25) is 24.0 Å². The van der Waals surface area contributed by atoms with Gasteiger partial charge in [0.25, 0.3) is 17.7 Å². The van der Waals surface area contributed by atoms with Crippen molar-refractivity contribution < 1.29 is 59.7 Å². The van der Waals surface area contributed by atoms with Crippen molar-refractivity contribution in [1.29, 1.82) is 0 Å². The number of fused-ring (bicyclic) bond motifs is 5. The lowest BCUT2D eigenvalue weighted by molar-refractivity contribution is -0.122. The first kappa shape index (κ1) is 74.6. The third kappa shape index (κ3) is 18.2. The van der Waals surface area contributed by atoms with E-state index in [0.29, 0.717) is 116 Å². The molecule has 534 valence electrons. The van der Waals surface area contributed by atoms with Gasteiger partial charge in [0.1, 0.15) is 5.76 Å². The molecule has 3 aromatic carbocycles. The summed E-state index contributed by atoms with van der Waals surface area (Å²) in [6, 6.07) is 12.8. The Balaban J connectivity index is 0.666. The predicted molar refractivity (Wildman–Crippen MR) is 390 cm³/mol. The highest BCUT2D eigenvalue weighted by molar-refractivity contribution is 6.21. The minimum absolute atomic E-state index is 0.00209. The smallest absolute Gasteiger partial charge is 0.257 e. The van der Waals surface area contributed by atoms with E-state index < -0.39 is 40.7 Å². The Hall–Kier alpha value is -9.66. The standard InChI is InChI=1S/C79H101N9O12/c1-7-52-48(3)59-45-61-50(5)54(72(85-61)58-44-68(92)71-51(6)62(86-73(58)71)47-64-53(8-2)49(4)60(84-64)46-63(52)83-59)35-36-70(94)81-38-19-11-10-18-37-80-69(93)34-17-9-13-21-40-87(78(99)56-29-26-32-66(90)75(56)96)42-23-15-16-24-43-88(79(100)57-30-27-33-67(91)76(57)97)41-22-14-12-20-39-82-77(98)55-28-25-31-65(89)74(55)95/h25-33,45-47,50,54,85,89-92,95-97H,7-24,34-44H2,1-6H3,(H,80,93)(H,81,94)(H,82,98)/t50-,54-/m0/s1. The zero-order valence-corrected chi connectivity index (χ0v) is 59.0. The van der Waals surface area contributed by atoms with Gasteiger partial charge in [-0.2, -0.15) is 0 Å². The highest BCUT2D eigenvalue weighted by Gasteiger charge is 2.42. The van der Waals surface area contributed by atoms with Crippen LogP contribution in [-0.2, 0) is 9.59 Å². The summed E-state index contributed by atoms with van der Waals surface area (Å²) >= 11 is 0. The number of phenolic OH excluding ortho intramolecular Hbond substituents is 6.